The van der Waals surface area contributed by atoms with Gasteiger partial charge in [-0.15, -0.1) is 0 Å². The normalized spacial score (nSPS) is 21.0. The standard InChI is InChI=1S/C19H16N4O2S2/c24-17(14-5-9-26-20-14)22-8-7-19(11-22)12-23(16-4-2-1-3-13(16)19)18(25)15-6-10-27-21-15/h1-6,9-10H,7-8,11-12H2. The van der Waals surface area contributed by atoms with Gasteiger partial charge >= 0.3 is 0 Å². The van der Waals surface area contributed by atoms with Crippen molar-refractivity contribution in [1.82, 2.24) is 13.6 Å². The Morgan fingerprint density at radius 1 is 0.926 bits per heavy atom. The zero-order valence-corrected chi connectivity index (χ0v) is 16.0. The third kappa shape index (κ3) is 2.59. The summed E-state index contributed by atoms with van der Waals surface area (Å²) in [7, 11) is 0. The van der Waals surface area contributed by atoms with E-state index in [2.05, 4.69) is 14.8 Å². The van der Waals surface area contributed by atoms with Crippen molar-refractivity contribution >= 4 is 40.6 Å². The van der Waals surface area contributed by atoms with Crippen LogP contribution in [0.5, 0.6) is 0 Å². The first-order valence-electron chi connectivity index (χ1n) is 8.69. The lowest BCUT2D eigenvalue weighted by atomic mass is 9.81. The van der Waals surface area contributed by atoms with E-state index >= 15 is 0 Å². The third-order valence-corrected chi connectivity index (χ3v) is 6.55. The number of hydrogen-bond acceptors (Lipinski definition) is 6. The molecule has 1 unspecified atom stereocenters. The van der Waals surface area contributed by atoms with Crippen LogP contribution in [0.1, 0.15) is 33.0 Å². The molecule has 3 aromatic rings. The first-order valence-corrected chi connectivity index (χ1v) is 10.4. The van der Waals surface area contributed by atoms with Crippen molar-refractivity contribution in [3.63, 3.8) is 0 Å². The summed E-state index contributed by atoms with van der Waals surface area (Å²) < 4.78 is 8.38. The number of aromatic nitrogens is 2. The number of rotatable bonds is 2. The highest BCUT2D eigenvalue weighted by molar-refractivity contribution is 7.03. The first kappa shape index (κ1) is 16.6. The summed E-state index contributed by atoms with van der Waals surface area (Å²) in [5.41, 5.74) is 2.81. The third-order valence-electron chi connectivity index (χ3n) is 5.43. The fourth-order valence-corrected chi connectivity index (χ4v) is 5.16. The summed E-state index contributed by atoms with van der Waals surface area (Å²) in [6.45, 7) is 1.84. The van der Waals surface area contributed by atoms with Crippen LogP contribution in [0.4, 0.5) is 5.69 Å². The van der Waals surface area contributed by atoms with Gasteiger partial charge in [0, 0.05) is 41.5 Å². The van der Waals surface area contributed by atoms with Crippen molar-refractivity contribution in [2.75, 3.05) is 24.5 Å². The molecule has 1 saturated heterocycles. The van der Waals surface area contributed by atoms with Gasteiger partial charge in [-0.3, -0.25) is 9.59 Å². The first-order chi connectivity index (χ1) is 13.2. The topological polar surface area (TPSA) is 66.4 Å². The molecule has 0 bridgehead atoms. The smallest absolute Gasteiger partial charge is 0.278 e. The lowest BCUT2D eigenvalue weighted by Gasteiger charge is -2.25. The molecule has 27 heavy (non-hydrogen) atoms. The predicted octanol–water partition coefficient (Wildman–Crippen LogP) is 3.04. The molecule has 5 rings (SSSR count). The number of carbonyl (C=O) groups is 2. The molecular weight excluding hydrogens is 380 g/mol. The van der Waals surface area contributed by atoms with Crippen LogP contribution in [-0.2, 0) is 5.41 Å². The van der Waals surface area contributed by atoms with Crippen molar-refractivity contribution in [1.29, 1.82) is 0 Å². The largest absolute Gasteiger partial charge is 0.336 e. The quantitative estimate of drug-likeness (QED) is 0.668. The molecule has 8 heteroatoms. The van der Waals surface area contributed by atoms with Gasteiger partial charge in [-0.25, -0.2) is 0 Å². The second-order valence-electron chi connectivity index (χ2n) is 6.93. The molecule has 2 amide bonds. The summed E-state index contributed by atoms with van der Waals surface area (Å²) >= 11 is 2.56. The molecule has 1 aromatic carbocycles. The van der Waals surface area contributed by atoms with E-state index in [0.717, 1.165) is 17.7 Å². The Hall–Kier alpha value is -2.58. The molecule has 136 valence electrons. The minimum Gasteiger partial charge on any atom is -0.336 e. The Bertz CT molecular complexity index is 1000. The number of amides is 2. The number of nitrogens with zero attached hydrogens (tertiary/aromatic N) is 4. The van der Waals surface area contributed by atoms with Crippen LogP contribution in [0.3, 0.4) is 0 Å². The molecule has 0 saturated carbocycles. The zero-order chi connectivity index (χ0) is 18.4. The Morgan fingerprint density at radius 3 is 2.33 bits per heavy atom. The minimum absolute atomic E-state index is 0.0325. The van der Waals surface area contributed by atoms with Crippen LogP contribution < -0.4 is 4.90 Å². The molecule has 0 radical (unpaired) electrons. The fraction of sp³-hybridized carbons (Fsp3) is 0.263. The minimum atomic E-state index is -0.228. The molecule has 2 aliphatic rings. The number of likely N-dealkylation sites (tertiary alicyclic amines) is 1. The van der Waals surface area contributed by atoms with Gasteiger partial charge < -0.3 is 9.80 Å². The molecular formula is C19H16N4O2S2. The van der Waals surface area contributed by atoms with Gasteiger partial charge in [0.2, 0.25) is 0 Å². The molecule has 2 aliphatic heterocycles. The van der Waals surface area contributed by atoms with Gasteiger partial charge in [0.25, 0.3) is 11.8 Å². The predicted molar refractivity (Wildman–Crippen MR) is 105 cm³/mol. The summed E-state index contributed by atoms with van der Waals surface area (Å²) in [5, 5.41) is 3.63. The van der Waals surface area contributed by atoms with Crippen LogP contribution in [0, 0.1) is 0 Å². The highest BCUT2D eigenvalue weighted by Gasteiger charge is 2.50. The molecule has 1 spiro atoms. The fourth-order valence-electron chi connectivity index (χ4n) is 4.15. The highest BCUT2D eigenvalue weighted by Crippen LogP contribution is 2.46. The van der Waals surface area contributed by atoms with E-state index in [4.69, 9.17) is 0 Å². The van der Waals surface area contributed by atoms with Crippen molar-refractivity contribution in [2.45, 2.75) is 11.8 Å². The van der Waals surface area contributed by atoms with Crippen molar-refractivity contribution in [3.8, 4) is 0 Å². The average Bonchev–Trinajstić information content (AvgIpc) is 3.49. The van der Waals surface area contributed by atoms with Crippen LogP contribution in [0.15, 0.2) is 47.2 Å². The number of fused-ring (bicyclic) bond motifs is 2. The summed E-state index contributed by atoms with van der Waals surface area (Å²) in [4.78, 5) is 29.4. The lowest BCUT2D eigenvalue weighted by molar-refractivity contribution is 0.0780. The number of benzene rings is 1. The molecule has 6 nitrogen and oxygen atoms in total. The molecule has 0 aliphatic carbocycles. The van der Waals surface area contributed by atoms with E-state index in [-0.39, 0.29) is 17.2 Å². The van der Waals surface area contributed by atoms with Gasteiger partial charge in [-0.2, -0.15) is 8.75 Å². The molecule has 1 fully saturated rings. The lowest BCUT2D eigenvalue weighted by Crippen LogP contribution is -2.40. The second-order valence-corrected chi connectivity index (χ2v) is 8.27. The number of carbonyl (C=O) groups excluding carboxylic acids is 2. The van der Waals surface area contributed by atoms with Crippen LogP contribution >= 0.6 is 23.1 Å². The van der Waals surface area contributed by atoms with E-state index in [1.165, 1.54) is 23.1 Å². The Kier molecular flexibility index (Phi) is 3.84. The number of hydrogen-bond donors (Lipinski definition) is 0. The van der Waals surface area contributed by atoms with Crippen molar-refractivity contribution in [3.05, 3.63) is 64.1 Å². The number of anilines is 1. The second kappa shape index (κ2) is 6.24. The van der Waals surface area contributed by atoms with Gasteiger partial charge in [0.15, 0.2) is 0 Å². The van der Waals surface area contributed by atoms with Crippen LogP contribution in [0.25, 0.3) is 0 Å². The van der Waals surface area contributed by atoms with Crippen LogP contribution in [0.2, 0.25) is 0 Å². The summed E-state index contributed by atoms with van der Waals surface area (Å²) in [6, 6.07) is 11.5. The molecule has 0 N–H and O–H groups in total. The Labute approximate surface area is 164 Å². The SMILES string of the molecule is O=C(c1ccsn1)N1CCC2(C1)CN(C(=O)c1ccsn1)c1ccccc12. The molecule has 2 aromatic heterocycles. The van der Waals surface area contributed by atoms with E-state index in [1.807, 2.05) is 38.8 Å². The summed E-state index contributed by atoms with van der Waals surface area (Å²) in [5.74, 6) is -0.111. The van der Waals surface area contributed by atoms with E-state index in [0.29, 0.717) is 31.0 Å². The maximum Gasteiger partial charge on any atom is 0.278 e. The van der Waals surface area contributed by atoms with E-state index in [9.17, 15) is 9.59 Å². The Morgan fingerprint density at radius 2 is 1.63 bits per heavy atom. The summed E-state index contributed by atoms with van der Waals surface area (Å²) in [6.07, 6.45) is 0.834. The van der Waals surface area contributed by atoms with Gasteiger partial charge in [-0.1, -0.05) is 18.2 Å². The van der Waals surface area contributed by atoms with Crippen LogP contribution in [-0.4, -0.2) is 45.1 Å². The van der Waals surface area contributed by atoms with Gasteiger partial charge in [-0.05, 0) is 53.2 Å². The molecule has 1 atom stereocenters. The average molecular weight is 396 g/mol. The maximum absolute atomic E-state index is 13.0. The maximum atomic E-state index is 13.0. The zero-order valence-electron chi connectivity index (χ0n) is 14.4. The highest BCUT2D eigenvalue weighted by atomic mass is 32.1. The van der Waals surface area contributed by atoms with Gasteiger partial charge in [0.1, 0.15) is 11.4 Å². The van der Waals surface area contributed by atoms with Crippen molar-refractivity contribution < 1.29 is 9.59 Å². The Balaban J connectivity index is 1.47. The van der Waals surface area contributed by atoms with E-state index < -0.39 is 0 Å². The van der Waals surface area contributed by atoms with Gasteiger partial charge in [0.05, 0.1) is 0 Å². The van der Waals surface area contributed by atoms with E-state index in [1.54, 1.807) is 12.1 Å². The van der Waals surface area contributed by atoms with Crippen molar-refractivity contribution in [2.24, 2.45) is 0 Å². The number of para-hydroxylation sites is 1. The monoisotopic (exact) mass is 396 g/mol. The molecule has 4 heterocycles.